The predicted molar refractivity (Wildman–Crippen MR) is 74.5 cm³/mol. The number of carbonyl (C=O) groups excluding carboxylic acids is 1. The van der Waals surface area contributed by atoms with Crippen molar-refractivity contribution in [2.24, 2.45) is 0 Å². The number of sulfonamides is 1. The molecule has 1 saturated heterocycles. The highest BCUT2D eigenvalue weighted by Gasteiger charge is 2.32. The highest BCUT2D eigenvalue weighted by atomic mass is 32.2. The van der Waals surface area contributed by atoms with Crippen molar-refractivity contribution >= 4 is 15.9 Å². The van der Waals surface area contributed by atoms with E-state index < -0.39 is 10.0 Å². The van der Waals surface area contributed by atoms with Gasteiger partial charge in [0.15, 0.2) is 5.76 Å². The van der Waals surface area contributed by atoms with Crippen LogP contribution in [0.15, 0.2) is 28.0 Å². The van der Waals surface area contributed by atoms with Gasteiger partial charge in [0.1, 0.15) is 12.1 Å². The van der Waals surface area contributed by atoms with E-state index in [-0.39, 0.29) is 29.9 Å². The van der Waals surface area contributed by atoms with E-state index in [1.807, 2.05) is 0 Å². The van der Waals surface area contributed by atoms with Crippen LogP contribution in [-0.4, -0.2) is 64.9 Å². The minimum absolute atomic E-state index is 0.186. The number of hydrogen-bond donors (Lipinski definition) is 1. The van der Waals surface area contributed by atoms with Crippen LogP contribution in [-0.2, 0) is 10.0 Å². The maximum absolute atomic E-state index is 12.3. The van der Waals surface area contributed by atoms with E-state index in [1.54, 1.807) is 24.0 Å². The topological polar surface area (TPSA) is 112 Å². The van der Waals surface area contributed by atoms with Gasteiger partial charge >= 0.3 is 0 Å². The van der Waals surface area contributed by atoms with Crippen LogP contribution in [0.4, 0.5) is 0 Å². The summed E-state index contributed by atoms with van der Waals surface area (Å²) in [6.45, 7) is 2.76. The van der Waals surface area contributed by atoms with Crippen LogP contribution in [0.2, 0.25) is 0 Å². The van der Waals surface area contributed by atoms with E-state index in [2.05, 4.69) is 15.2 Å². The fraction of sp³-hybridized carbons (Fsp3) is 0.417. The number of nitrogens with zero attached hydrogens (tertiary/aromatic N) is 4. The van der Waals surface area contributed by atoms with Gasteiger partial charge in [0.2, 0.25) is 0 Å². The Bertz CT molecular complexity index is 759. The third kappa shape index (κ3) is 2.62. The van der Waals surface area contributed by atoms with Gasteiger partial charge in [0.25, 0.3) is 21.1 Å². The lowest BCUT2D eigenvalue weighted by atomic mass is 10.3. The fourth-order valence-electron chi connectivity index (χ4n) is 2.28. The van der Waals surface area contributed by atoms with E-state index in [1.165, 1.54) is 4.31 Å². The molecule has 3 rings (SSSR count). The largest absolute Gasteiger partial charge is 0.456 e. The Labute approximate surface area is 127 Å². The number of aromatic amines is 1. The molecule has 2 aromatic rings. The van der Waals surface area contributed by atoms with Crippen molar-refractivity contribution in [3.63, 3.8) is 0 Å². The number of hydrogen-bond acceptors (Lipinski definition) is 6. The first-order valence-electron chi connectivity index (χ1n) is 6.70. The Morgan fingerprint density at radius 2 is 2.00 bits per heavy atom. The van der Waals surface area contributed by atoms with Crippen molar-refractivity contribution in [2.45, 2.75) is 12.1 Å². The monoisotopic (exact) mass is 325 g/mol. The van der Waals surface area contributed by atoms with Gasteiger partial charge in [-0.2, -0.15) is 9.40 Å². The molecule has 118 valence electrons. The zero-order chi connectivity index (χ0) is 15.7. The standard InChI is InChI=1S/C12H15N5O4S/c1-9-2-3-10(21-9)11(18)16-4-6-17(7-5-16)22(19,20)12-13-8-14-15-12/h2-3,8H,4-7H2,1H3,(H,13,14,15). The van der Waals surface area contributed by atoms with Crippen molar-refractivity contribution in [1.82, 2.24) is 24.4 Å². The first kappa shape index (κ1) is 14.7. The van der Waals surface area contributed by atoms with Crippen LogP contribution in [0.5, 0.6) is 0 Å². The summed E-state index contributed by atoms with van der Waals surface area (Å²) in [5.74, 6) is 0.698. The number of amides is 1. The van der Waals surface area contributed by atoms with Gasteiger partial charge in [-0.1, -0.05) is 0 Å². The van der Waals surface area contributed by atoms with Gasteiger partial charge < -0.3 is 9.32 Å². The Morgan fingerprint density at radius 3 is 2.55 bits per heavy atom. The average molecular weight is 325 g/mol. The zero-order valence-corrected chi connectivity index (χ0v) is 12.7. The lowest BCUT2D eigenvalue weighted by Crippen LogP contribution is -2.50. The number of aromatic nitrogens is 3. The molecule has 22 heavy (non-hydrogen) atoms. The normalized spacial score (nSPS) is 16.9. The average Bonchev–Trinajstić information content (AvgIpc) is 3.18. The van der Waals surface area contributed by atoms with E-state index in [0.717, 1.165) is 6.33 Å². The van der Waals surface area contributed by atoms with Gasteiger partial charge in [-0.3, -0.25) is 4.79 Å². The first-order valence-corrected chi connectivity index (χ1v) is 8.14. The number of H-pyrrole nitrogens is 1. The molecule has 1 aliphatic heterocycles. The molecule has 10 heteroatoms. The minimum atomic E-state index is -3.69. The summed E-state index contributed by atoms with van der Waals surface area (Å²) in [5, 5.41) is 5.71. The number of rotatable bonds is 3. The van der Waals surface area contributed by atoms with Crippen molar-refractivity contribution in [3.05, 3.63) is 30.0 Å². The van der Waals surface area contributed by atoms with E-state index >= 15 is 0 Å². The Kier molecular flexibility index (Phi) is 3.71. The van der Waals surface area contributed by atoms with Crippen molar-refractivity contribution in [3.8, 4) is 0 Å². The molecule has 9 nitrogen and oxygen atoms in total. The Balaban J connectivity index is 1.67. The predicted octanol–water partition coefficient (Wildman–Crippen LogP) is -0.147. The summed E-state index contributed by atoms with van der Waals surface area (Å²) in [4.78, 5) is 17.5. The summed E-state index contributed by atoms with van der Waals surface area (Å²) in [7, 11) is -3.69. The number of furan rings is 1. The molecule has 0 spiro atoms. The van der Waals surface area contributed by atoms with Crippen LogP contribution < -0.4 is 0 Å². The summed E-state index contributed by atoms with van der Waals surface area (Å²) in [6, 6.07) is 3.34. The van der Waals surface area contributed by atoms with E-state index in [4.69, 9.17) is 4.42 Å². The highest BCUT2D eigenvalue weighted by molar-refractivity contribution is 7.88. The first-order chi connectivity index (χ1) is 10.5. The molecule has 2 aromatic heterocycles. The van der Waals surface area contributed by atoms with Crippen LogP contribution in [0.25, 0.3) is 0 Å². The highest BCUT2D eigenvalue weighted by Crippen LogP contribution is 2.16. The summed E-state index contributed by atoms with van der Waals surface area (Å²) in [5.41, 5.74) is 0. The summed E-state index contributed by atoms with van der Waals surface area (Å²) < 4.78 is 31.1. The second kappa shape index (κ2) is 5.54. The van der Waals surface area contributed by atoms with Crippen LogP contribution >= 0.6 is 0 Å². The summed E-state index contributed by atoms with van der Waals surface area (Å²) in [6.07, 6.45) is 1.14. The number of piperazine rings is 1. The quantitative estimate of drug-likeness (QED) is 0.840. The molecule has 0 atom stereocenters. The maximum Gasteiger partial charge on any atom is 0.289 e. The molecule has 1 N–H and O–H groups in total. The molecule has 0 unspecified atom stereocenters. The molecule has 0 bridgehead atoms. The third-order valence-electron chi connectivity index (χ3n) is 3.45. The number of nitrogens with one attached hydrogen (secondary N) is 1. The fourth-order valence-corrected chi connectivity index (χ4v) is 3.51. The van der Waals surface area contributed by atoms with E-state index in [9.17, 15) is 13.2 Å². The molecular weight excluding hydrogens is 310 g/mol. The van der Waals surface area contributed by atoms with Crippen molar-refractivity contribution in [2.75, 3.05) is 26.2 Å². The molecule has 0 aromatic carbocycles. The number of carbonyl (C=O) groups is 1. The van der Waals surface area contributed by atoms with Crippen molar-refractivity contribution < 1.29 is 17.6 Å². The van der Waals surface area contributed by atoms with Gasteiger partial charge in [0, 0.05) is 26.2 Å². The molecule has 1 amide bonds. The van der Waals surface area contributed by atoms with Gasteiger partial charge in [-0.05, 0) is 19.1 Å². The van der Waals surface area contributed by atoms with Gasteiger partial charge in [0.05, 0.1) is 0 Å². The minimum Gasteiger partial charge on any atom is -0.456 e. The van der Waals surface area contributed by atoms with Crippen LogP contribution in [0, 0.1) is 6.92 Å². The smallest absolute Gasteiger partial charge is 0.289 e. The summed E-state index contributed by atoms with van der Waals surface area (Å²) >= 11 is 0. The third-order valence-corrected chi connectivity index (χ3v) is 5.18. The SMILES string of the molecule is Cc1ccc(C(=O)N2CCN(S(=O)(=O)c3ncn[nH]3)CC2)o1. The van der Waals surface area contributed by atoms with E-state index in [0.29, 0.717) is 18.8 Å². The second-order valence-corrected chi connectivity index (χ2v) is 6.75. The Morgan fingerprint density at radius 1 is 1.27 bits per heavy atom. The second-order valence-electron chi connectivity index (χ2n) is 4.90. The van der Waals surface area contributed by atoms with Crippen LogP contribution in [0.3, 0.4) is 0 Å². The van der Waals surface area contributed by atoms with Gasteiger partial charge in [-0.15, -0.1) is 0 Å². The molecule has 1 fully saturated rings. The van der Waals surface area contributed by atoms with Crippen molar-refractivity contribution in [1.29, 1.82) is 0 Å². The molecule has 1 aliphatic rings. The lowest BCUT2D eigenvalue weighted by Gasteiger charge is -2.32. The van der Waals surface area contributed by atoms with Crippen LogP contribution in [0.1, 0.15) is 16.3 Å². The molecule has 0 radical (unpaired) electrons. The zero-order valence-electron chi connectivity index (χ0n) is 11.9. The lowest BCUT2D eigenvalue weighted by molar-refractivity contribution is 0.0664. The molecule has 0 aliphatic carbocycles. The molecule has 3 heterocycles. The number of aryl methyl sites for hydroxylation is 1. The molecule has 0 saturated carbocycles. The Hall–Kier alpha value is -2.20. The maximum atomic E-state index is 12.3. The van der Waals surface area contributed by atoms with Gasteiger partial charge in [-0.25, -0.2) is 18.5 Å². The molecular formula is C12H15N5O4S.